The van der Waals surface area contributed by atoms with Crippen molar-refractivity contribution in [3.05, 3.63) is 48.8 Å². The van der Waals surface area contributed by atoms with E-state index < -0.39 is 0 Å². The Hall–Kier alpha value is -2.43. The van der Waals surface area contributed by atoms with Gasteiger partial charge >= 0.3 is 0 Å². The van der Waals surface area contributed by atoms with Crippen molar-refractivity contribution in [3.63, 3.8) is 0 Å². The molecule has 1 atom stereocenters. The molecular formula is C21H29N3O2. The lowest BCUT2D eigenvalue weighted by atomic mass is 10.0. The van der Waals surface area contributed by atoms with E-state index in [0.717, 1.165) is 44.0 Å². The molecule has 140 valence electrons. The zero-order valence-corrected chi connectivity index (χ0v) is 16.0. The first kappa shape index (κ1) is 18.4. The Bertz CT molecular complexity index is 704. The normalized spacial score (nSPS) is 16.0. The minimum Gasteiger partial charge on any atom is -0.495 e. The van der Waals surface area contributed by atoms with Crippen LogP contribution in [0, 0.1) is 5.92 Å². The van der Waals surface area contributed by atoms with Gasteiger partial charge in [0.05, 0.1) is 12.8 Å². The SMILES string of the molecule is COc1ccccc1N1CCN(C(=O)[C@H](CC(C)C)n2cccc2)CC1. The molecule has 0 N–H and O–H groups in total. The largest absolute Gasteiger partial charge is 0.495 e. The quantitative estimate of drug-likeness (QED) is 0.797. The predicted octanol–water partition coefficient (Wildman–Crippen LogP) is 3.43. The zero-order chi connectivity index (χ0) is 18.5. The van der Waals surface area contributed by atoms with Gasteiger partial charge in [-0.25, -0.2) is 0 Å². The average Bonchev–Trinajstić information content (AvgIpc) is 3.20. The maximum absolute atomic E-state index is 13.2. The third kappa shape index (κ3) is 4.03. The Morgan fingerprint density at radius 2 is 1.69 bits per heavy atom. The van der Waals surface area contributed by atoms with Crippen LogP contribution in [0.1, 0.15) is 26.3 Å². The molecule has 0 spiro atoms. The summed E-state index contributed by atoms with van der Waals surface area (Å²) in [5.74, 6) is 1.59. The number of carbonyl (C=O) groups is 1. The summed E-state index contributed by atoms with van der Waals surface area (Å²) in [6.45, 7) is 7.48. The highest BCUT2D eigenvalue weighted by atomic mass is 16.5. The van der Waals surface area contributed by atoms with E-state index in [1.165, 1.54) is 0 Å². The number of rotatable bonds is 6. The summed E-state index contributed by atoms with van der Waals surface area (Å²) < 4.78 is 7.53. The molecule has 0 unspecified atom stereocenters. The molecule has 0 bridgehead atoms. The summed E-state index contributed by atoms with van der Waals surface area (Å²) in [4.78, 5) is 17.5. The Balaban J connectivity index is 1.67. The van der Waals surface area contributed by atoms with Gasteiger partial charge in [-0.15, -0.1) is 0 Å². The van der Waals surface area contributed by atoms with Crippen molar-refractivity contribution < 1.29 is 9.53 Å². The molecular weight excluding hydrogens is 326 g/mol. The van der Waals surface area contributed by atoms with Crippen LogP contribution in [0.5, 0.6) is 5.75 Å². The van der Waals surface area contributed by atoms with Gasteiger partial charge in [0.25, 0.3) is 0 Å². The fourth-order valence-electron chi connectivity index (χ4n) is 3.62. The van der Waals surface area contributed by atoms with Crippen LogP contribution in [0.25, 0.3) is 0 Å². The summed E-state index contributed by atoms with van der Waals surface area (Å²) in [7, 11) is 1.70. The number of piperazine rings is 1. The van der Waals surface area contributed by atoms with Crippen molar-refractivity contribution in [3.8, 4) is 5.75 Å². The van der Waals surface area contributed by atoms with E-state index >= 15 is 0 Å². The summed E-state index contributed by atoms with van der Waals surface area (Å²) in [5, 5.41) is 0. The number of benzene rings is 1. The lowest BCUT2D eigenvalue weighted by Gasteiger charge is -2.38. The molecule has 0 radical (unpaired) electrons. The number of para-hydroxylation sites is 2. The number of ether oxygens (including phenoxy) is 1. The van der Waals surface area contributed by atoms with Crippen LogP contribution in [0.2, 0.25) is 0 Å². The standard InChI is InChI=1S/C21H29N3O2/c1-17(2)16-19(22-10-6-7-11-22)21(25)24-14-12-23(13-15-24)18-8-4-5-9-20(18)26-3/h4-11,17,19H,12-16H2,1-3H3/t19-/m0/s1. The topological polar surface area (TPSA) is 37.7 Å². The number of nitrogens with zero attached hydrogens (tertiary/aromatic N) is 3. The van der Waals surface area contributed by atoms with Gasteiger partial charge in [-0.2, -0.15) is 0 Å². The number of anilines is 1. The van der Waals surface area contributed by atoms with E-state index in [4.69, 9.17) is 4.74 Å². The van der Waals surface area contributed by atoms with Crippen molar-refractivity contribution in [2.75, 3.05) is 38.2 Å². The number of methoxy groups -OCH3 is 1. The smallest absolute Gasteiger partial charge is 0.245 e. The minimum atomic E-state index is -0.109. The van der Waals surface area contributed by atoms with Crippen LogP contribution >= 0.6 is 0 Å². The van der Waals surface area contributed by atoms with E-state index in [1.807, 2.05) is 47.6 Å². The molecule has 5 heteroatoms. The minimum absolute atomic E-state index is 0.109. The van der Waals surface area contributed by atoms with E-state index in [0.29, 0.717) is 5.92 Å². The van der Waals surface area contributed by atoms with Crippen LogP contribution in [-0.4, -0.2) is 48.7 Å². The highest BCUT2D eigenvalue weighted by Gasteiger charge is 2.29. The number of hydrogen-bond acceptors (Lipinski definition) is 3. The summed E-state index contributed by atoms with van der Waals surface area (Å²) in [6.07, 6.45) is 4.85. The summed E-state index contributed by atoms with van der Waals surface area (Å²) >= 11 is 0. The van der Waals surface area contributed by atoms with Crippen molar-refractivity contribution >= 4 is 11.6 Å². The Morgan fingerprint density at radius 3 is 2.31 bits per heavy atom. The Morgan fingerprint density at radius 1 is 1.04 bits per heavy atom. The monoisotopic (exact) mass is 355 g/mol. The van der Waals surface area contributed by atoms with E-state index in [9.17, 15) is 4.79 Å². The number of carbonyl (C=O) groups excluding carboxylic acids is 1. The van der Waals surface area contributed by atoms with Crippen LogP contribution in [0.15, 0.2) is 48.8 Å². The fraction of sp³-hybridized carbons (Fsp3) is 0.476. The van der Waals surface area contributed by atoms with Crippen LogP contribution in [-0.2, 0) is 4.79 Å². The number of hydrogen-bond donors (Lipinski definition) is 0. The second-order valence-corrected chi connectivity index (χ2v) is 7.26. The maximum Gasteiger partial charge on any atom is 0.245 e. The molecule has 5 nitrogen and oxygen atoms in total. The lowest BCUT2D eigenvalue weighted by Crippen LogP contribution is -2.50. The molecule has 1 amide bonds. The zero-order valence-electron chi connectivity index (χ0n) is 16.0. The summed E-state index contributed by atoms with van der Waals surface area (Å²) in [6, 6.07) is 11.9. The summed E-state index contributed by atoms with van der Waals surface area (Å²) in [5.41, 5.74) is 1.10. The second-order valence-electron chi connectivity index (χ2n) is 7.26. The van der Waals surface area contributed by atoms with Crippen molar-refractivity contribution in [1.29, 1.82) is 0 Å². The van der Waals surface area contributed by atoms with Crippen LogP contribution in [0.3, 0.4) is 0 Å². The van der Waals surface area contributed by atoms with Gasteiger partial charge < -0.3 is 19.1 Å². The first-order valence-electron chi connectivity index (χ1n) is 9.39. The first-order valence-corrected chi connectivity index (χ1v) is 9.39. The van der Waals surface area contributed by atoms with Crippen LogP contribution in [0.4, 0.5) is 5.69 Å². The molecule has 3 rings (SSSR count). The Kier molecular flexibility index (Phi) is 5.86. The predicted molar refractivity (Wildman–Crippen MR) is 105 cm³/mol. The molecule has 2 aromatic rings. The molecule has 1 aromatic heterocycles. The lowest BCUT2D eigenvalue weighted by molar-refractivity contribution is -0.135. The molecule has 0 aliphatic carbocycles. The van der Waals surface area contributed by atoms with Gasteiger partial charge in [-0.1, -0.05) is 26.0 Å². The van der Waals surface area contributed by atoms with Gasteiger partial charge in [0.2, 0.25) is 5.91 Å². The van der Waals surface area contributed by atoms with E-state index in [-0.39, 0.29) is 11.9 Å². The maximum atomic E-state index is 13.2. The highest BCUT2D eigenvalue weighted by molar-refractivity contribution is 5.81. The van der Waals surface area contributed by atoms with E-state index in [2.05, 4.69) is 29.4 Å². The van der Waals surface area contributed by atoms with Crippen molar-refractivity contribution in [2.24, 2.45) is 5.92 Å². The third-order valence-corrected chi connectivity index (χ3v) is 4.98. The molecule has 2 heterocycles. The van der Waals surface area contributed by atoms with Gasteiger partial charge in [0.15, 0.2) is 0 Å². The average molecular weight is 355 g/mol. The molecule has 26 heavy (non-hydrogen) atoms. The van der Waals surface area contributed by atoms with Gasteiger partial charge in [-0.3, -0.25) is 4.79 Å². The van der Waals surface area contributed by atoms with Gasteiger partial charge in [0.1, 0.15) is 11.8 Å². The fourth-order valence-corrected chi connectivity index (χ4v) is 3.62. The first-order chi connectivity index (χ1) is 12.6. The molecule has 1 saturated heterocycles. The molecule has 0 saturated carbocycles. The van der Waals surface area contributed by atoms with Crippen LogP contribution < -0.4 is 9.64 Å². The third-order valence-electron chi connectivity index (χ3n) is 4.98. The van der Waals surface area contributed by atoms with Gasteiger partial charge in [-0.05, 0) is 36.6 Å². The Labute approximate surface area is 156 Å². The van der Waals surface area contributed by atoms with Crippen molar-refractivity contribution in [1.82, 2.24) is 9.47 Å². The highest BCUT2D eigenvalue weighted by Crippen LogP contribution is 2.29. The van der Waals surface area contributed by atoms with Crippen molar-refractivity contribution in [2.45, 2.75) is 26.3 Å². The van der Waals surface area contributed by atoms with Gasteiger partial charge in [0, 0.05) is 38.6 Å². The van der Waals surface area contributed by atoms with E-state index in [1.54, 1.807) is 7.11 Å². The molecule has 1 aromatic carbocycles. The molecule has 1 aliphatic rings. The number of aromatic nitrogens is 1. The second kappa shape index (κ2) is 8.30. The molecule has 1 aliphatic heterocycles. The number of amides is 1. The molecule has 1 fully saturated rings.